The van der Waals surface area contributed by atoms with Crippen LogP contribution < -0.4 is 16.2 Å². The van der Waals surface area contributed by atoms with Crippen LogP contribution in [0.15, 0.2) is 60.7 Å². The van der Waals surface area contributed by atoms with Crippen molar-refractivity contribution in [3.05, 3.63) is 71.8 Å². The number of carbonyl (C=O) groups is 2. The number of rotatable bonds is 7. The van der Waals surface area contributed by atoms with Gasteiger partial charge in [-0.05, 0) is 79.0 Å². The van der Waals surface area contributed by atoms with Crippen molar-refractivity contribution in [2.24, 2.45) is 30.4 Å². The smallest absolute Gasteiger partial charge is 0.254 e. The van der Waals surface area contributed by atoms with E-state index in [0.717, 1.165) is 64.0 Å². The molecule has 2 bridgehead atoms. The molecule has 9 heteroatoms. The maximum Gasteiger partial charge on any atom is 0.254 e. The van der Waals surface area contributed by atoms with Crippen LogP contribution in [0.1, 0.15) is 46.4 Å². The van der Waals surface area contributed by atoms with E-state index in [-0.39, 0.29) is 18.0 Å². The van der Waals surface area contributed by atoms with Gasteiger partial charge in [-0.3, -0.25) is 9.59 Å². The van der Waals surface area contributed by atoms with Gasteiger partial charge in [-0.25, -0.2) is 4.98 Å². The van der Waals surface area contributed by atoms with Crippen molar-refractivity contribution in [3.8, 4) is 28.4 Å². The summed E-state index contributed by atoms with van der Waals surface area (Å²) in [6.07, 6.45) is 4.46. The van der Waals surface area contributed by atoms with Crippen molar-refractivity contribution in [1.29, 1.82) is 0 Å². The Hall–Kier alpha value is -4.63. The van der Waals surface area contributed by atoms with E-state index in [0.29, 0.717) is 35.3 Å². The van der Waals surface area contributed by atoms with Gasteiger partial charge in [0.2, 0.25) is 5.91 Å². The molecule has 4 N–H and O–H groups in total. The predicted octanol–water partition coefficient (Wildman–Crippen LogP) is 4.94. The van der Waals surface area contributed by atoms with Gasteiger partial charge in [0.05, 0.1) is 18.3 Å². The highest BCUT2D eigenvalue weighted by molar-refractivity contribution is 6.02. The van der Waals surface area contributed by atoms with E-state index in [2.05, 4.69) is 27.3 Å². The maximum atomic E-state index is 13.7. The lowest BCUT2D eigenvalue weighted by Crippen LogP contribution is -2.41. The zero-order chi connectivity index (χ0) is 30.3. The van der Waals surface area contributed by atoms with E-state index < -0.39 is 5.91 Å². The Bertz CT molecular complexity index is 1990. The lowest BCUT2D eigenvalue weighted by atomic mass is 9.98. The molecule has 2 aromatic heterocycles. The topological polar surface area (TPSA) is 121 Å². The van der Waals surface area contributed by atoms with E-state index in [9.17, 15) is 9.59 Å². The summed E-state index contributed by atoms with van der Waals surface area (Å²) in [6.45, 7) is 1.59. The van der Waals surface area contributed by atoms with E-state index >= 15 is 0 Å². The third-order valence-corrected chi connectivity index (χ3v) is 10.1. The maximum absolute atomic E-state index is 13.7. The molecule has 3 aliphatic rings. The lowest BCUT2D eigenvalue weighted by Gasteiger charge is -2.27. The Labute approximate surface area is 255 Å². The molecule has 3 fully saturated rings. The highest BCUT2D eigenvalue weighted by Crippen LogP contribution is 2.41. The third-order valence-electron chi connectivity index (χ3n) is 10.1. The van der Waals surface area contributed by atoms with Gasteiger partial charge in [0, 0.05) is 54.3 Å². The predicted molar refractivity (Wildman–Crippen MR) is 170 cm³/mol. The molecule has 44 heavy (non-hydrogen) atoms. The summed E-state index contributed by atoms with van der Waals surface area (Å²) in [6, 6.07) is 19.8. The van der Waals surface area contributed by atoms with Crippen molar-refractivity contribution in [2.75, 3.05) is 13.7 Å². The summed E-state index contributed by atoms with van der Waals surface area (Å²) in [5.74, 6) is 1.97. The number of ether oxygens (including phenoxy) is 1. The minimum atomic E-state index is -0.443. The zero-order valence-corrected chi connectivity index (χ0v) is 25.0. The van der Waals surface area contributed by atoms with Crippen LogP contribution in [0.5, 0.6) is 5.75 Å². The van der Waals surface area contributed by atoms with Gasteiger partial charge in [-0.1, -0.05) is 30.3 Å². The molecule has 2 saturated carbocycles. The first-order valence-corrected chi connectivity index (χ1v) is 15.5. The molecule has 1 saturated heterocycles. The van der Waals surface area contributed by atoms with E-state index in [1.807, 2.05) is 48.3 Å². The molecule has 3 heterocycles. The fourth-order valence-corrected chi connectivity index (χ4v) is 7.58. The number of carbonyl (C=O) groups excluding carboxylic acids is 2. The lowest BCUT2D eigenvalue weighted by molar-refractivity contribution is 0.0700. The molecule has 0 spiro atoms. The molecule has 1 aliphatic heterocycles. The van der Waals surface area contributed by atoms with Crippen LogP contribution in [-0.2, 0) is 13.6 Å². The number of benzene rings is 3. The van der Waals surface area contributed by atoms with Gasteiger partial charge in [0.1, 0.15) is 11.3 Å². The largest absolute Gasteiger partial charge is 0.494 e. The van der Waals surface area contributed by atoms with Crippen LogP contribution in [0.25, 0.3) is 44.6 Å². The Kier molecular flexibility index (Phi) is 6.10. The normalized spacial score (nSPS) is 21.1. The molecule has 5 aromatic rings. The number of methoxy groups -OCH3 is 1. The highest BCUT2D eigenvalue weighted by Gasteiger charge is 2.47. The number of primary amides is 1. The van der Waals surface area contributed by atoms with Crippen molar-refractivity contribution < 1.29 is 14.3 Å². The molecule has 224 valence electrons. The molecular formula is C35H36N6O3. The van der Waals surface area contributed by atoms with Gasteiger partial charge < -0.3 is 30.2 Å². The molecule has 3 aromatic carbocycles. The minimum absolute atomic E-state index is 0.00771. The zero-order valence-electron chi connectivity index (χ0n) is 25.0. The van der Waals surface area contributed by atoms with Gasteiger partial charge in [-0.15, -0.1) is 0 Å². The fraction of sp³-hybridized carbons (Fsp3) is 0.343. The number of fused-ring (bicyclic) bond motifs is 4. The number of aromatic nitrogens is 3. The van der Waals surface area contributed by atoms with E-state index in [1.54, 1.807) is 13.2 Å². The number of nitrogens with two attached hydrogens (primary N) is 2. The Morgan fingerprint density at radius 3 is 2.55 bits per heavy atom. The van der Waals surface area contributed by atoms with Gasteiger partial charge in [-0.2, -0.15) is 0 Å². The Morgan fingerprint density at radius 2 is 1.84 bits per heavy atom. The highest BCUT2D eigenvalue weighted by atomic mass is 16.5. The molecule has 8 rings (SSSR count). The Morgan fingerprint density at radius 1 is 1.02 bits per heavy atom. The quantitative estimate of drug-likeness (QED) is 0.279. The van der Waals surface area contributed by atoms with Crippen LogP contribution in [0.3, 0.4) is 0 Å². The number of hydrogen-bond donors (Lipinski definition) is 2. The second-order valence-electron chi connectivity index (χ2n) is 12.7. The SMILES string of the molecule is COc1cc(C(=O)N2CC3CCC2[C@@H]3N)cc2nc(-c3cc4ccc(-c5ccccc5C(N)=O)cc4n3CC3CC3)n(C)c12. The van der Waals surface area contributed by atoms with E-state index in [4.69, 9.17) is 21.2 Å². The first kappa shape index (κ1) is 27.0. The summed E-state index contributed by atoms with van der Waals surface area (Å²) >= 11 is 0. The summed E-state index contributed by atoms with van der Waals surface area (Å²) in [5, 5.41) is 1.09. The first-order valence-electron chi connectivity index (χ1n) is 15.5. The van der Waals surface area contributed by atoms with Crippen LogP contribution in [-0.4, -0.2) is 56.6 Å². The van der Waals surface area contributed by atoms with Gasteiger partial charge in [0.15, 0.2) is 5.82 Å². The molecular weight excluding hydrogens is 552 g/mol. The van der Waals surface area contributed by atoms with Crippen LogP contribution in [0.2, 0.25) is 0 Å². The van der Waals surface area contributed by atoms with Gasteiger partial charge >= 0.3 is 0 Å². The number of likely N-dealkylation sites (tertiary alicyclic amines) is 1. The third kappa shape index (κ3) is 4.13. The molecule has 0 radical (unpaired) electrons. The molecule has 3 atom stereocenters. The average molecular weight is 589 g/mol. The van der Waals surface area contributed by atoms with Gasteiger partial charge in [0.25, 0.3) is 5.91 Å². The van der Waals surface area contributed by atoms with Crippen molar-refractivity contribution >= 4 is 33.8 Å². The monoisotopic (exact) mass is 588 g/mol. The molecule has 2 unspecified atom stereocenters. The number of aryl methyl sites for hydroxylation is 1. The number of amides is 2. The van der Waals surface area contributed by atoms with Crippen LogP contribution >= 0.6 is 0 Å². The molecule has 9 nitrogen and oxygen atoms in total. The number of hydrogen-bond acceptors (Lipinski definition) is 5. The molecule has 2 aliphatic carbocycles. The number of piperidine rings is 1. The Balaban J connectivity index is 1.25. The number of nitrogens with zero attached hydrogens (tertiary/aromatic N) is 4. The van der Waals surface area contributed by atoms with Crippen molar-refractivity contribution in [2.45, 2.75) is 44.3 Å². The van der Waals surface area contributed by atoms with Crippen LogP contribution in [0.4, 0.5) is 0 Å². The summed E-state index contributed by atoms with van der Waals surface area (Å²) < 4.78 is 10.3. The van der Waals surface area contributed by atoms with Crippen LogP contribution in [0, 0.1) is 11.8 Å². The minimum Gasteiger partial charge on any atom is -0.494 e. The molecule has 2 amide bonds. The second kappa shape index (κ2) is 9.95. The van der Waals surface area contributed by atoms with E-state index in [1.165, 1.54) is 12.8 Å². The standard InChI is InChI=1S/C35H36N6O3/c1-39-32-26(13-23(16-30(32)44-2)35(43)41-18-22-11-12-27(41)31(22)36)38-34(39)29-15-21-10-9-20(14-28(21)40(29)17-19-7-8-19)24-5-3-4-6-25(24)33(37)42/h3-6,9-10,13-16,19,22,27,31H,7-8,11-12,17-18,36H2,1-2H3,(H2,37,42)/t22?,27?,31-/m1/s1. The summed E-state index contributed by atoms with van der Waals surface area (Å²) in [7, 11) is 3.64. The van der Waals surface area contributed by atoms with Crippen molar-refractivity contribution in [3.63, 3.8) is 0 Å². The van der Waals surface area contributed by atoms with Crippen molar-refractivity contribution in [1.82, 2.24) is 19.0 Å². The fourth-order valence-electron chi connectivity index (χ4n) is 7.58. The second-order valence-corrected chi connectivity index (χ2v) is 12.7. The summed E-state index contributed by atoms with van der Waals surface area (Å²) in [4.78, 5) is 33.0. The number of imidazole rings is 1. The average Bonchev–Trinajstić information content (AvgIpc) is 3.44. The summed E-state index contributed by atoms with van der Waals surface area (Å²) in [5.41, 5.74) is 18.6. The first-order chi connectivity index (χ1) is 21.3.